The van der Waals surface area contributed by atoms with Gasteiger partial charge in [-0.25, -0.2) is 4.79 Å². The van der Waals surface area contributed by atoms with E-state index in [-0.39, 0.29) is 24.8 Å². The first kappa shape index (κ1) is 43.5. The number of hydrogen-bond donors (Lipinski definition) is 3. The van der Waals surface area contributed by atoms with Crippen molar-refractivity contribution in [3.05, 3.63) is 35.4 Å². The standard InChI is InChI=1S/C34H58ClN3O10/c1-34(2,3)38(33(41)42)14-18-46-22-24-48-26-25-47-23-20-44-16-11-31(39)37-28-29-9-8-10-30(27-29)32(40)36-13-17-45-21-19-43-15-7-5-4-6-12-35/h8-10,27H,4-7,11-26,28H2,1-3H3,(H,36,40)(H,37,39)(H,41,42). The Morgan fingerprint density at radius 1 is 0.729 bits per heavy atom. The zero-order valence-electron chi connectivity index (χ0n) is 29.1. The van der Waals surface area contributed by atoms with E-state index in [0.717, 1.165) is 37.9 Å². The second-order valence-electron chi connectivity index (χ2n) is 11.9. The molecule has 0 atom stereocenters. The summed E-state index contributed by atoms with van der Waals surface area (Å²) in [7, 11) is 0. The monoisotopic (exact) mass is 703 g/mol. The van der Waals surface area contributed by atoms with E-state index in [4.69, 9.17) is 40.0 Å². The lowest BCUT2D eigenvalue weighted by Crippen LogP contribution is -2.46. The van der Waals surface area contributed by atoms with E-state index >= 15 is 0 Å². The molecule has 0 saturated carbocycles. The molecule has 3 amide bonds. The van der Waals surface area contributed by atoms with E-state index in [2.05, 4.69) is 10.6 Å². The smallest absolute Gasteiger partial charge is 0.407 e. The lowest BCUT2D eigenvalue weighted by molar-refractivity contribution is -0.122. The Balaban J connectivity index is 1.99. The molecule has 1 aromatic rings. The van der Waals surface area contributed by atoms with Crippen molar-refractivity contribution in [3.63, 3.8) is 0 Å². The number of carbonyl (C=O) groups excluding carboxylic acids is 2. The first-order valence-corrected chi connectivity index (χ1v) is 17.4. The summed E-state index contributed by atoms with van der Waals surface area (Å²) >= 11 is 5.66. The van der Waals surface area contributed by atoms with Crippen molar-refractivity contribution < 1.29 is 47.9 Å². The molecule has 276 valence electrons. The van der Waals surface area contributed by atoms with E-state index in [9.17, 15) is 19.5 Å². The van der Waals surface area contributed by atoms with Gasteiger partial charge in [-0.1, -0.05) is 25.0 Å². The Kier molecular flexibility index (Phi) is 25.7. The van der Waals surface area contributed by atoms with E-state index in [1.165, 1.54) is 4.90 Å². The number of alkyl halides is 1. The van der Waals surface area contributed by atoms with Gasteiger partial charge < -0.3 is 49.1 Å². The van der Waals surface area contributed by atoms with Gasteiger partial charge in [-0.3, -0.25) is 9.59 Å². The molecule has 0 spiro atoms. The Morgan fingerprint density at radius 3 is 1.90 bits per heavy atom. The van der Waals surface area contributed by atoms with Crippen LogP contribution in [-0.4, -0.2) is 132 Å². The van der Waals surface area contributed by atoms with Crippen molar-refractivity contribution in [2.45, 2.75) is 65.0 Å². The Morgan fingerprint density at radius 2 is 1.29 bits per heavy atom. The Labute approximate surface area is 291 Å². The van der Waals surface area contributed by atoms with Crippen molar-refractivity contribution in [1.82, 2.24) is 15.5 Å². The number of nitrogens with zero attached hydrogens (tertiary/aromatic N) is 1. The number of unbranched alkanes of at least 4 members (excludes halogenated alkanes) is 3. The molecule has 1 aromatic carbocycles. The number of nitrogens with one attached hydrogen (secondary N) is 2. The van der Waals surface area contributed by atoms with Gasteiger partial charge in [0.15, 0.2) is 0 Å². The molecule has 13 nitrogen and oxygen atoms in total. The third-order valence-electron chi connectivity index (χ3n) is 6.84. The van der Waals surface area contributed by atoms with Crippen LogP contribution in [0.25, 0.3) is 0 Å². The van der Waals surface area contributed by atoms with E-state index in [1.807, 2.05) is 26.8 Å². The van der Waals surface area contributed by atoms with E-state index in [1.54, 1.807) is 18.2 Å². The predicted octanol–water partition coefficient (Wildman–Crippen LogP) is 4.10. The van der Waals surface area contributed by atoms with Crippen LogP contribution in [0.2, 0.25) is 0 Å². The van der Waals surface area contributed by atoms with Gasteiger partial charge in [0.25, 0.3) is 5.91 Å². The summed E-state index contributed by atoms with van der Waals surface area (Å²) in [5.74, 6) is 0.361. The topological polar surface area (TPSA) is 154 Å². The molecule has 48 heavy (non-hydrogen) atoms. The average Bonchev–Trinajstić information content (AvgIpc) is 3.05. The summed E-state index contributed by atoms with van der Waals surface area (Å²) in [6, 6.07) is 7.12. The van der Waals surface area contributed by atoms with Crippen LogP contribution in [0.5, 0.6) is 0 Å². The predicted molar refractivity (Wildman–Crippen MR) is 184 cm³/mol. The van der Waals surface area contributed by atoms with Gasteiger partial charge >= 0.3 is 6.09 Å². The minimum Gasteiger partial charge on any atom is -0.465 e. The number of carbonyl (C=O) groups is 3. The number of rotatable bonds is 30. The highest BCUT2D eigenvalue weighted by Gasteiger charge is 2.25. The number of amides is 3. The molecule has 14 heteroatoms. The van der Waals surface area contributed by atoms with Gasteiger partial charge in [-0.2, -0.15) is 0 Å². The van der Waals surface area contributed by atoms with Gasteiger partial charge in [-0.15, -0.1) is 11.6 Å². The van der Waals surface area contributed by atoms with Crippen LogP contribution < -0.4 is 10.6 Å². The lowest BCUT2D eigenvalue weighted by Gasteiger charge is -2.32. The summed E-state index contributed by atoms with van der Waals surface area (Å²) in [6.45, 7) is 11.5. The van der Waals surface area contributed by atoms with Crippen LogP contribution in [0.3, 0.4) is 0 Å². The maximum atomic E-state index is 12.5. The second-order valence-corrected chi connectivity index (χ2v) is 12.2. The lowest BCUT2D eigenvalue weighted by atomic mass is 10.1. The summed E-state index contributed by atoms with van der Waals surface area (Å²) in [5.41, 5.74) is 0.856. The highest BCUT2D eigenvalue weighted by molar-refractivity contribution is 6.17. The summed E-state index contributed by atoms with van der Waals surface area (Å²) in [4.78, 5) is 37.3. The fourth-order valence-corrected chi connectivity index (χ4v) is 4.41. The van der Waals surface area contributed by atoms with Crippen molar-refractivity contribution in [3.8, 4) is 0 Å². The second kappa shape index (κ2) is 28.3. The summed E-state index contributed by atoms with van der Waals surface area (Å²) < 4.78 is 32.9. The fraction of sp³-hybridized carbons (Fsp3) is 0.735. The number of carboxylic acid groups (broad SMARTS) is 1. The maximum absolute atomic E-state index is 12.5. The third-order valence-corrected chi connectivity index (χ3v) is 7.11. The quantitative estimate of drug-likeness (QED) is 0.0788. The van der Waals surface area contributed by atoms with Gasteiger partial charge in [-0.05, 0) is 51.3 Å². The largest absolute Gasteiger partial charge is 0.465 e. The van der Waals surface area contributed by atoms with Crippen LogP contribution in [0.1, 0.15) is 68.8 Å². The van der Waals surface area contributed by atoms with Crippen molar-refractivity contribution >= 4 is 29.5 Å². The molecule has 1 rings (SSSR count). The maximum Gasteiger partial charge on any atom is 0.407 e. The van der Waals surface area contributed by atoms with Gasteiger partial charge in [0, 0.05) is 49.6 Å². The summed E-state index contributed by atoms with van der Waals surface area (Å²) in [6.07, 6.45) is 3.57. The number of benzene rings is 1. The molecule has 0 heterocycles. The molecule has 0 unspecified atom stereocenters. The van der Waals surface area contributed by atoms with Crippen molar-refractivity contribution in [1.29, 1.82) is 0 Å². The Bertz CT molecular complexity index is 996. The molecule has 0 aliphatic carbocycles. The van der Waals surface area contributed by atoms with Crippen molar-refractivity contribution in [2.75, 3.05) is 98.3 Å². The number of halogens is 1. The highest BCUT2D eigenvalue weighted by Crippen LogP contribution is 2.12. The first-order valence-electron chi connectivity index (χ1n) is 16.8. The SMILES string of the molecule is CC(C)(C)N(CCOCCOCCOCCOCCC(=O)NCc1cccc(C(=O)NCCOCCOCCCCCCCl)c1)C(=O)O. The van der Waals surface area contributed by atoms with Crippen LogP contribution in [-0.2, 0) is 39.8 Å². The first-order chi connectivity index (χ1) is 23.1. The van der Waals surface area contributed by atoms with Crippen LogP contribution >= 0.6 is 11.6 Å². The third kappa shape index (κ3) is 23.7. The average molecular weight is 704 g/mol. The molecular formula is C34H58ClN3O10. The van der Waals surface area contributed by atoms with Gasteiger partial charge in [0.2, 0.25) is 5.91 Å². The highest BCUT2D eigenvalue weighted by atomic mass is 35.5. The minimum absolute atomic E-state index is 0.150. The molecule has 0 aliphatic rings. The van der Waals surface area contributed by atoms with Crippen LogP contribution in [0.4, 0.5) is 4.79 Å². The summed E-state index contributed by atoms with van der Waals surface area (Å²) in [5, 5.41) is 14.9. The minimum atomic E-state index is -0.968. The molecule has 0 fully saturated rings. The normalized spacial score (nSPS) is 11.4. The molecule has 0 aliphatic heterocycles. The molecule has 0 radical (unpaired) electrons. The Hall–Kier alpha value is -2.52. The molecule has 0 saturated heterocycles. The molecule has 0 aromatic heterocycles. The van der Waals surface area contributed by atoms with Crippen LogP contribution in [0.15, 0.2) is 24.3 Å². The van der Waals surface area contributed by atoms with Gasteiger partial charge in [0.05, 0.1) is 72.7 Å². The van der Waals surface area contributed by atoms with E-state index in [0.29, 0.717) is 97.1 Å². The zero-order valence-corrected chi connectivity index (χ0v) is 29.9. The zero-order chi connectivity index (χ0) is 35.3. The van der Waals surface area contributed by atoms with E-state index < -0.39 is 11.6 Å². The van der Waals surface area contributed by atoms with Crippen LogP contribution in [0, 0.1) is 0 Å². The molecular weight excluding hydrogens is 646 g/mol. The number of ether oxygens (including phenoxy) is 6. The number of hydrogen-bond acceptors (Lipinski definition) is 9. The van der Waals surface area contributed by atoms with Crippen molar-refractivity contribution in [2.24, 2.45) is 0 Å². The van der Waals surface area contributed by atoms with Gasteiger partial charge in [0.1, 0.15) is 0 Å². The fourth-order valence-electron chi connectivity index (χ4n) is 4.22. The molecule has 3 N–H and O–H groups in total. The molecule has 0 bridgehead atoms.